The molecule has 8 heteroatoms. The summed E-state index contributed by atoms with van der Waals surface area (Å²) < 4.78 is 40.7. The number of sulfonamides is 1. The molecule has 3 aromatic rings. The van der Waals surface area contributed by atoms with Crippen LogP contribution in [0.2, 0.25) is 0 Å². The van der Waals surface area contributed by atoms with Gasteiger partial charge >= 0.3 is 0 Å². The van der Waals surface area contributed by atoms with Crippen molar-refractivity contribution in [2.45, 2.75) is 18.2 Å². The van der Waals surface area contributed by atoms with E-state index in [1.54, 1.807) is 6.20 Å². The van der Waals surface area contributed by atoms with Gasteiger partial charge in [-0.25, -0.2) is 12.8 Å². The van der Waals surface area contributed by atoms with Crippen molar-refractivity contribution < 1.29 is 17.6 Å². The molecule has 0 atom stereocenters. The Bertz CT molecular complexity index is 1100. The Labute approximate surface area is 168 Å². The van der Waals surface area contributed by atoms with Gasteiger partial charge in [-0.1, -0.05) is 6.07 Å². The average molecular weight is 413 g/mol. The first-order valence-corrected chi connectivity index (χ1v) is 10.4. The fourth-order valence-electron chi connectivity index (χ4n) is 2.64. The predicted octanol–water partition coefficient (Wildman–Crippen LogP) is 3.30. The second-order valence-electron chi connectivity index (χ2n) is 6.42. The number of hydrogen-bond donors (Lipinski definition) is 2. The van der Waals surface area contributed by atoms with Crippen LogP contribution in [0.4, 0.5) is 10.1 Å². The molecule has 29 heavy (non-hydrogen) atoms. The van der Waals surface area contributed by atoms with E-state index in [0.29, 0.717) is 24.2 Å². The van der Waals surface area contributed by atoms with Gasteiger partial charge in [0.05, 0.1) is 4.90 Å². The number of halogens is 1. The van der Waals surface area contributed by atoms with E-state index < -0.39 is 15.8 Å². The predicted molar refractivity (Wildman–Crippen MR) is 109 cm³/mol. The standard InChI is InChI=1S/C21H20FN3O3S/c1-15-14-19(9-10-20(15)22)29(27,28)25-18-7-5-16(6-8-18)21(26)24-13-11-17-4-2-3-12-23-17/h2-10,12,14,25H,11,13H2,1H3,(H,24,26). The van der Waals surface area contributed by atoms with E-state index in [9.17, 15) is 17.6 Å². The van der Waals surface area contributed by atoms with Crippen molar-refractivity contribution in [2.75, 3.05) is 11.3 Å². The minimum atomic E-state index is -3.85. The maximum atomic E-state index is 13.4. The van der Waals surface area contributed by atoms with E-state index in [1.165, 1.54) is 43.3 Å². The Morgan fingerprint density at radius 1 is 1.07 bits per heavy atom. The second kappa shape index (κ2) is 8.83. The Morgan fingerprint density at radius 2 is 1.83 bits per heavy atom. The van der Waals surface area contributed by atoms with Crippen LogP contribution in [0.25, 0.3) is 0 Å². The molecule has 0 fully saturated rings. The lowest BCUT2D eigenvalue weighted by Crippen LogP contribution is -2.25. The molecule has 1 amide bonds. The molecule has 1 heterocycles. The van der Waals surface area contributed by atoms with Gasteiger partial charge in [-0.05, 0) is 67.1 Å². The molecule has 0 radical (unpaired) electrons. The zero-order chi connectivity index (χ0) is 20.9. The molecule has 6 nitrogen and oxygen atoms in total. The number of nitrogens with zero attached hydrogens (tertiary/aromatic N) is 1. The van der Waals surface area contributed by atoms with Crippen LogP contribution >= 0.6 is 0 Å². The third-order valence-electron chi connectivity index (χ3n) is 4.23. The SMILES string of the molecule is Cc1cc(S(=O)(=O)Nc2ccc(C(=O)NCCc3ccccn3)cc2)ccc1F. The number of benzene rings is 2. The second-order valence-corrected chi connectivity index (χ2v) is 8.10. The molecule has 0 saturated carbocycles. The van der Waals surface area contributed by atoms with Gasteiger partial charge in [-0.15, -0.1) is 0 Å². The van der Waals surface area contributed by atoms with Crippen LogP contribution in [0.3, 0.4) is 0 Å². The van der Waals surface area contributed by atoms with Gasteiger partial charge in [0.15, 0.2) is 0 Å². The number of aromatic nitrogens is 1. The molecule has 0 unspecified atom stereocenters. The van der Waals surface area contributed by atoms with E-state index in [2.05, 4.69) is 15.0 Å². The molecule has 150 valence electrons. The third-order valence-corrected chi connectivity index (χ3v) is 5.61. The Kier molecular flexibility index (Phi) is 6.23. The fourth-order valence-corrected chi connectivity index (χ4v) is 3.78. The zero-order valence-electron chi connectivity index (χ0n) is 15.7. The highest BCUT2D eigenvalue weighted by Gasteiger charge is 2.16. The first-order chi connectivity index (χ1) is 13.8. The number of carbonyl (C=O) groups is 1. The molecule has 0 aliphatic carbocycles. The van der Waals surface area contributed by atoms with E-state index in [0.717, 1.165) is 11.8 Å². The van der Waals surface area contributed by atoms with Crippen LogP contribution in [0.1, 0.15) is 21.6 Å². The van der Waals surface area contributed by atoms with Crippen molar-refractivity contribution in [3.63, 3.8) is 0 Å². The van der Waals surface area contributed by atoms with Gasteiger partial charge in [-0.3, -0.25) is 14.5 Å². The van der Waals surface area contributed by atoms with Gasteiger partial charge < -0.3 is 5.32 Å². The monoisotopic (exact) mass is 413 g/mol. The molecule has 1 aromatic heterocycles. The van der Waals surface area contributed by atoms with E-state index >= 15 is 0 Å². The van der Waals surface area contributed by atoms with E-state index in [4.69, 9.17) is 0 Å². The van der Waals surface area contributed by atoms with Crippen LogP contribution < -0.4 is 10.0 Å². The quantitative estimate of drug-likeness (QED) is 0.622. The van der Waals surface area contributed by atoms with Crippen LogP contribution in [-0.4, -0.2) is 25.9 Å². The molecular weight excluding hydrogens is 393 g/mol. The number of hydrogen-bond acceptors (Lipinski definition) is 4. The minimum absolute atomic E-state index is 0.0345. The molecule has 2 aromatic carbocycles. The van der Waals surface area contributed by atoms with Crippen LogP contribution in [0.15, 0.2) is 71.8 Å². The fraction of sp³-hybridized carbons (Fsp3) is 0.143. The number of anilines is 1. The summed E-state index contributed by atoms with van der Waals surface area (Å²) in [6.45, 7) is 1.93. The number of nitrogens with one attached hydrogen (secondary N) is 2. The van der Waals surface area contributed by atoms with Gasteiger partial charge in [0.1, 0.15) is 5.82 Å². The van der Waals surface area contributed by atoms with Gasteiger partial charge in [0.25, 0.3) is 15.9 Å². The van der Waals surface area contributed by atoms with Crippen molar-refractivity contribution in [1.82, 2.24) is 10.3 Å². The first-order valence-electron chi connectivity index (χ1n) is 8.92. The Hall–Kier alpha value is -3.26. The first kappa shape index (κ1) is 20.5. The van der Waals surface area contributed by atoms with Gasteiger partial charge in [-0.2, -0.15) is 0 Å². The Morgan fingerprint density at radius 3 is 2.48 bits per heavy atom. The van der Waals surface area contributed by atoms with Crippen molar-refractivity contribution in [3.05, 3.63) is 89.5 Å². The van der Waals surface area contributed by atoms with Gasteiger partial charge in [0, 0.05) is 36.1 Å². The van der Waals surface area contributed by atoms with E-state index in [-0.39, 0.29) is 16.4 Å². The molecule has 0 bridgehead atoms. The highest BCUT2D eigenvalue weighted by atomic mass is 32.2. The van der Waals surface area contributed by atoms with Crippen molar-refractivity contribution in [1.29, 1.82) is 0 Å². The maximum absolute atomic E-state index is 13.4. The summed E-state index contributed by atoms with van der Waals surface area (Å²) in [5.74, 6) is -0.730. The molecule has 0 spiro atoms. The summed E-state index contributed by atoms with van der Waals surface area (Å²) >= 11 is 0. The number of rotatable bonds is 7. The molecule has 2 N–H and O–H groups in total. The van der Waals surface area contributed by atoms with Crippen molar-refractivity contribution >= 4 is 21.6 Å². The Balaban J connectivity index is 1.60. The number of aryl methyl sites for hydroxylation is 1. The smallest absolute Gasteiger partial charge is 0.261 e. The summed E-state index contributed by atoms with van der Waals surface area (Å²) in [4.78, 5) is 16.4. The van der Waals surface area contributed by atoms with Crippen LogP contribution in [0.5, 0.6) is 0 Å². The van der Waals surface area contributed by atoms with E-state index in [1.807, 2.05) is 18.2 Å². The number of pyridine rings is 1. The molecule has 0 saturated heterocycles. The van der Waals surface area contributed by atoms with Crippen LogP contribution in [0, 0.1) is 12.7 Å². The lowest BCUT2D eigenvalue weighted by molar-refractivity contribution is 0.0954. The number of carbonyl (C=O) groups excluding carboxylic acids is 1. The highest BCUT2D eigenvalue weighted by Crippen LogP contribution is 2.19. The lowest BCUT2D eigenvalue weighted by atomic mass is 10.2. The summed E-state index contributed by atoms with van der Waals surface area (Å²) in [7, 11) is -3.85. The highest BCUT2D eigenvalue weighted by molar-refractivity contribution is 7.92. The topological polar surface area (TPSA) is 88.2 Å². The lowest BCUT2D eigenvalue weighted by Gasteiger charge is -2.10. The van der Waals surface area contributed by atoms with Crippen molar-refractivity contribution in [2.24, 2.45) is 0 Å². The third kappa shape index (κ3) is 5.39. The largest absolute Gasteiger partial charge is 0.352 e. The van der Waals surface area contributed by atoms with Crippen LogP contribution in [-0.2, 0) is 16.4 Å². The average Bonchev–Trinajstić information content (AvgIpc) is 2.71. The summed E-state index contributed by atoms with van der Waals surface area (Å²) in [6.07, 6.45) is 2.31. The molecule has 3 rings (SSSR count). The number of amides is 1. The van der Waals surface area contributed by atoms with Crippen molar-refractivity contribution in [3.8, 4) is 0 Å². The molecular formula is C21H20FN3O3S. The normalized spacial score (nSPS) is 11.1. The minimum Gasteiger partial charge on any atom is -0.352 e. The summed E-state index contributed by atoms with van der Waals surface area (Å²) in [5, 5.41) is 2.80. The summed E-state index contributed by atoms with van der Waals surface area (Å²) in [5.41, 5.74) is 1.84. The molecule has 0 aliphatic rings. The van der Waals surface area contributed by atoms with Gasteiger partial charge in [0.2, 0.25) is 0 Å². The maximum Gasteiger partial charge on any atom is 0.261 e. The zero-order valence-corrected chi connectivity index (χ0v) is 16.5. The molecule has 0 aliphatic heterocycles. The summed E-state index contributed by atoms with van der Waals surface area (Å²) in [6, 6.07) is 15.2.